The molecule has 1 heterocycles. The fraction of sp³-hybridized carbons (Fsp3) is 0.500. The van der Waals surface area contributed by atoms with E-state index in [0.717, 1.165) is 47.6 Å². The average molecular weight is 444 g/mol. The van der Waals surface area contributed by atoms with Crippen molar-refractivity contribution in [3.63, 3.8) is 0 Å². The van der Waals surface area contributed by atoms with Gasteiger partial charge in [0.1, 0.15) is 5.82 Å². The van der Waals surface area contributed by atoms with E-state index in [9.17, 15) is 0 Å². The molecule has 1 fully saturated rings. The molecule has 5 heteroatoms. The number of anilines is 2. The zero-order chi connectivity index (χ0) is 22.6. The van der Waals surface area contributed by atoms with Crippen LogP contribution in [0.2, 0.25) is 0 Å². The minimum Gasteiger partial charge on any atom is -0.362 e. The number of nitrogens with zero attached hydrogens (tertiary/aromatic N) is 3. The average Bonchev–Trinajstić information content (AvgIpc) is 3.25. The van der Waals surface area contributed by atoms with Crippen molar-refractivity contribution in [1.82, 2.24) is 15.3 Å². The van der Waals surface area contributed by atoms with E-state index >= 15 is 0 Å². The molecule has 2 N–H and O–H groups in total. The lowest BCUT2D eigenvalue weighted by Gasteiger charge is -2.29. The molecule has 33 heavy (non-hydrogen) atoms. The van der Waals surface area contributed by atoms with Crippen molar-refractivity contribution in [2.24, 2.45) is 11.8 Å². The first-order chi connectivity index (χ1) is 16.2. The lowest BCUT2D eigenvalue weighted by molar-refractivity contribution is 0.320. The third kappa shape index (κ3) is 5.30. The van der Waals surface area contributed by atoms with Gasteiger partial charge in [0.05, 0.1) is 5.52 Å². The number of hydrogen-bond acceptors (Lipinski definition) is 5. The summed E-state index contributed by atoms with van der Waals surface area (Å²) in [6.07, 6.45) is 8.75. The zero-order valence-corrected chi connectivity index (χ0v) is 20.1. The first-order valence-electron chi connectivity index (χ1n) is 12.6. The van der Waals surface area contributed by atoms with Gasteiger partial charge < -0.3 is 15.5 Å². The van der Waals surface area contributed by atoms with E-state index in [4.69, 9.17) is 9.97 Å². The van der Waals surface area contributed by atoms with Gasteiger partial charge in [0.2, 0.25) is 5.95 Å². The number of para-hydroxylation sites is 1. The molecule has 1 saturated carbocycles. The molecule has 2 aliphatic carbocycles. The summed E-state index contributed by atoms with van der Waals surface area (Å²) in [4.78, 5) is 11.7. The zero-order valence-electron chi connectivity index (χ0n) is 20.1. The van der Waals surface area contributed by atoms with Crippen molar-refractivity contribution in [3.05, 3.63) is 59.7 Å². The van der Waals surface area contributed by atoms with Crippen LogP contribution in [-0.4, -0.2) is 43.2 Å². The summed E-state index contributed by atoms with van der Waals surface area (Å²) in [6, 6.07) is 17.7. The number of hydrogen-bond donors (Lipinski definition) is 2. The molecule has 0 aliphatic heterocycles. The Kier molecular flexibility index (Phi) is 6.77. The molecule has 5 rings (SSSR count). The van der Waals surface area contributed by atoms with Crippen LogP contribution < -0.4 is 15.5 Å². The van der Waals surface area contributed by atoms with Crippen LogP contribution in [0.4, 0.5) is 11.8 Å². The molecule has 5 nitrogen and oxygen atoms in total. The van der Waals surface area contributed by atoms with E-state index in [0.29, 0.717) is 6.04 Å². The summed E-state index contributed by atoms with van der Waals surface area (Å²) >= 11 is 0. The van der Waals surface area contributed by atoms with E-state index in [1.807, 2.05) is 26.2 Å². The van der Waals surface area contributed by atoms with E-state index in [1.165, 1.54) is 44.9 Å². The Labute approximate surface area is 198 Å². The molecule has 174 valence electrons. The maximum absolute atomic E-state index is 4.82. The maximum atomic E-state index is 4.82. The van der Waals surface area contributed by atoms with Gasteiger partial charge in [-0.25, -0.2) is 4.98 Å². The quantitative estimate of drug-likeness (QED) is 0.477. The monoisotopic (exact) mass is 443 g/mol. The molecule has 0 atom stereocenters. The summed E-state index contributed by atoms with van der Waals surface area (Å²) in [5.74, 6) is 3.35. The smallest absolute Gasteiger partial charge is 0.225 e. The second-order valence-electron chi connectivity index (χ2n) is 10.2. The van der Waals surface area contributed by atoms with Crippen LogP contribution in [-0.2, 0) is 12.8 Å². The van der Waals surface area contributed by atoms with Gasteiger partial charge in [-0.3, -0.25) is 0 Å². The molecule has 3 aromatic rings. The Bertz CT molecular complexity index is 1050. The lowest BCUT2D eigenvalue weighted by atomic mass is 9.86. The fourth-order valence-electron chi connectivity index (χ4n) is 5.63. The van der Waals surface area contributed by atoms with Gasteiger partial charge in [0.25, 0.3) is 0 Å². The molecule has 2 aromatic carbocycles. The highest BCUT2D eigenvalue weighted by molar-refractivity contribution is 5.90. The minimum absolute atomic E-state index is 0.467. The highest BCUT2D eigenvalue weighted by Crippen LogP contribution is 2.29. The molecule has 0 unspecified atom stereocenters. The fourth-order valence-corrected chi connectivity index (χ4v) is 5.63. The van der Waals surface area contributed by atoms with Gasteiger partial charge in [0.15, 0.2) is 0 Å². The molecule has 0 saturated heterocycles. The second-order valence-corrected chi connectivity index (χ2v) is 10.2. The van der Waals surface area contributed by atoms with Crippen LogP contribution in [0.3, 0.4) is 0 Å². The second kappa shape index (κ2) is 10.1. The highest BCUT2D eigenvalue weighted by atomic mass is 15.2. The summed E-state index contributed by atoms with van der Waals surface area (Å²) in [7, 11) is 4.09. The standard InChI is InChI=1S/C28H37N5/c1-33(2)27-25-9-5-6-10-26(25)31-28(32-27)30-24-13-11-20(12-14-24)19-29-16-15-21-17-22-7-3-4-8-23(22)18-21/h3-10,20-21,24,29H,11-19H2,1-2H3,(H,30,31,32). The van der Waals surface area contributed by atoms with Crippen LogP contribution in [0, 0.1) is 11.8 Å². The van der Waals surface area contributed by atoms with Crippen molar-refractivity contribution in [2.45, 2.75) is 51.0 Å². The lowest BCUT2D eigenvalue weighted by Crippen LogP contribution is -2.32. The highest BCUT2D eigenvalue weighted by Gasteiger charge is 2.23. The summed E-state index contributed by atoms with van der Waals surface area (Å²) in [6.45, 7) is 2.30. The predicted molar refractivity (Wildman–Crippen MR) is 138 cm³/mol. The molecule has 0 amide bonds. The molecular formula is C28H37N5. The van der Waals surface area contributed by atoms with Gasteiger partial charge in [-0.2, -0.15) is 4.98 Å². The molecule has 0 spiro atoms. The number of nitrogens with one attached hydrogen (secondary N) is 2. The van der Waals surface area contributed by atoms with Crippen molar-refractivity contribution in [2.75, 3.05) is 37.4 Å². The van der Waals surface area contributed by atoms with E-state index in [-0.39, 0.29) is 0 Å². The summed E-state index contributed by atoms with van der Waals surface area (Å²) in [5.41, 5.74) is 4.14. The van der Waals surface area contributed by atoms with Gasteiger partial charge in [-0.05, 0) is 93.1 Å². The number of benzene rings is 2. The minimum atomic E-state index is 0.467. The molecule has 2 aliphatic rings. The van der Waals surface area contributed by atoms with Crippen molar-refractivity contribution in [3.8, 4) is 0 Å². The van der Waals surface area contributed by atoms with E-state index < -0.39 is 0 Å². The normalized spacial score (nSPS) is 20.7. The Hall–Kier alpha value is -2.66. The Morgan fingerprint density at radius 3 is 2.27 bits per heavy atom. The van der Waals surface area contributed by atoms with Gasteiger partial charge in [-0.1, -0.05) is 36.4 Å². The first kappa shape index (κ1) is 22.1. The van der Waals surface area contributed by atoms with Crippen LogP contribution in [0.15, 0.2) is 48.5 Å². The van der Waals surface area contributed by atoms with Crippen LogP contribution >= 0.6 is 0 Å². The Morgan fingerprint density at radius 1 is 0.848 bits per heavy atom. The molecule has 0 radical (unpaired) electrons. The van der Waals surface area contributed by atoms with Crippen molar-refractivity contribution in [1.29, 1.82) is 0 Å². The number of aromatic nitrogens is 2. The molecule has 0 bridgehead atoms. The summed E-state index contributed by atoms with van der Waals surface area (Å²) < 4.78 is 0. The first-order valence-corrected chi connectivity index (χ1v) is 12.6. The Morgan fingerprint density at radius 2 is 1.55 bits per heavy atom. The summed E-state index contributed by atoms with van der Waals surface area (Å²) in [5, 5.41) is 8.50. The van der Waals surface area contributed by atoms with E-state index in [1.54, 1.807) is 11.1 Å². The van der Waals surface area contributed by atoms with Crippen molar-refractivity contribution >= 4 is 22.7 Å². The van der Waals surface area contributed by atoms with E-state index in [2.05, 4.69) is 51.9 Å². The third-order valence-corrected chi connectivity index (χ3v) is 7.48. The van der Waals surface area contributed by atoms with Crippen LogP contribution in [0.1, 0.15) is 43.2 Å². The topological polar surface area (TPSA) is 53.1 Å². The number of rotatable bonds is 8. The molecular weight excluding hydrogens is 406 g/mol. The van der Waals surface area contributed by atoms with Gasteiger partial charge in [-0.15, -0.1) is 0 Å². The van der Waals surface area contributed by atoms with Gasteiger partial charge in [0, 0.05) is 25.5 Å². The maximum Gasteiger partial charge on any atom is 0.225 e. The van der Waals surface area contributed by atoms with Gasteiger partial charge >= 0.3 is 0 Å². The number of fused-ring (bicyclic) bond motifs is 2. The van der Waals surface area contributed by atoms with Crippen LogP contribution in [0.25, 0.3) is 10.9 Å². The molecule has 1 aromatic heterocycles. The predicted octanol–water partition coefficient (Wildman–Crippen LogP) is 5.06. The SMILES string of the molecule is CN(C)c1nc(NC2CCC(CNCCC3Cc4ccccc4C3)CC2)nc2ccccc12. The van der Waals surface area contributed by atoms with Crippen molar-refractivity contribution < 1.29 is 0 Å². The van der Waals surface area contributed by atoms with Crippen LogP contribution in [0.5, 0.6) is 0 Å². The Balaban J connectivity index is 1.05. The third-order valence-electron chi connectivity index (χ3n) is 7.48. The largest absolute Gasteiger partial charge is 0.362 e.